The number of aliphatic carboxylic acids is 1. The summed E-state index contributed by atoms with van der Waals surface area (Å²) in [6.07, 6.45) is 0.0479. The first kappa shape index (κ1) is 17.5. The molecule has 1 aromatic carbocycles. The van der Waals surface area contributed by atoms with Gasteiger partial charge in [-0.15, -0.1) is 0 Å². The molecular weight excluding hydrogens is 288 g/mol. The zero-order valence-electron chi connectivity index (χ0n) is 12.6. The predicted octanol–water partition coefficient (Wildman–Crippen LogP) is 0.876. The number of amides is 2. The number of nitrogens with two attached hydrogens (primary N) is 1. The molecule has 3 N–H and O–H groups in total. The molecule has 0 aliphatic heterocycles. The molecule has 120 valence electrons. The summed E-state index contributed by atoms with van der Waals surface area (Å²) in [5.74, 6) is -1.49. The van der Waals surface area contributed by atoms with Crippen molar-refractivity contribution in [2.24, 2.45) is 5.73 Å². The molecule has 0 atom stereocenters. The van der Waals surface area contributed by atoms with Crippen LogP contribution in [0.4, 0.5) is 0 Å². The lowest BCUT2D eigenvalue weighted by Gasteiger charge is -2.24. The molecule has 0 heterocycles. The molecule has 1 aromatic rings. The minimum atomic E-state index is -1.06. The Morgan fingerprint density at radius 1 is 1.32 bits per heavy atom. The third kappa shape index (κ3) is 5.43. The molecule has 0 fully saturated rings. The predicted molar refractivity (Wildman–Crippen MR) is 79.6 cm³/mol. The summed E-state index contributed by atoms with van der Waals surface area (Å²) in [5.41, 5.74) is 5.49. The molecule has 7 heteroatoms. The van der Waals surface area contributed by atoms with Gasteiger partial charge in [-0.2, -0.15) is 0 Å². The largest absolute Gasteiger partial charge is 0.493 e. The van der Waals surface area contributed by atoms with Crippen molar-refractivity contribution in [1.29, 1.82) is 0 Å². The van der Waals surface area contributed by atoms with Gasteiger partial charge in [0.1, 0.15) is 12.3 Å². The third-order valence-corrected chi connectivity index (χ3v) is 2.95. The molecule has 22 heavy (non-hydrogen) atoms. The summed E-state index contributed by atoms with van der Waals surface area (Å²) < 4.78 is 5.40. The van der Waals surface area contributed by atoms with Crippen LogP contribution in [0.1, 0.15) is 30.6 Å². The van der Waals surface area contributed by atoms with Crippen molar-refractivity contribution in [3.8, 4) is 5.75 Å². The van der Waals surface area contributed by atoms with E-state index in [0.29, 0.717) is 11.3 Å². The van der Waals surface area contributed by atoms with E-state index in [2.05, 4.69) is 0 Å². The van der Waals surface area contributed by atoms with Gasteiger partial charge in [-0.25, -0.2) is 0 Å². The van der Waals surface area contributed by atoms with Crippen LogP contribution in [0.3, 0.4) is 0 Å². The maximum Gasteiger partial charge on any atom is 0.323 e. The van der Waals surface area contributed by atoms with Crippen LogP contribution in [-0.2, 0) is 9.59 Å². The number of rotatable bonds is 8. The quantitative estimate of drug-likeness (QED) is 0.740. The Kier molecular flexibility index (Phi) is 6.37. The van der Waals surface area contributed by atoms with E-state index >= 15 is 0 Å². The van der Waals surface area contributed by atoms with Crippen LogP contribution in [0.2, 0.25) is 0 Å². The Labute approximate surface area is 128 Å². The number of carbonyl (C=O) groups excluding carboxylic acids is 2. The normalized spacial score (nSPS) is 10.3. The standard InChI is InChI=1S/C15H20N2O5/c1-10(2)17(9-14(19)20)13(18)6-7-22-12-5-3-4-11(8-12)15(16)21/h3-5,8,10H,6-7,9H2,1-2H3,(H2,16,21)(H,19,20). The van der Waals surface area contributed by atoms with Gasteiger partial charge in [0, 0.05) is 11.6 Å². The average molecular weight is 308 g/mol. The molecule has 1 rings (SSSR count). The van der Waals surface area contributed by atoms with Crippen LogP contribution in [0.5, 0.6) is 5.75 Å². The topological polar surface area (TPSA) is 110 Å². The van der Waals surface area contributed by atoms with Gasteiger partial charge in [0.25, 0.3) is 0 Å². The Hall–Kier alpha value is -2.57. The number of carbonyl (C=O) groups is 3. The number of primary amides is 1. The molecule has 2 amide bonds. The van der Waals surface area contributed by atoms with Gasteiger partial charge in [0.2, 0.25) is 11.8 Å². The zero-order valence-corrected chi connectivity index (χ0v) is 12.6. The number of ether oxygens (including phenoxy) is 1. The highest BCUT2D eigenvalue weighted by Crippen LogP contribution is 2.13. The highest BCUT2D eigenvalue weighted by Gasteiger charge is 2.19. The van der Waals surface area contributed by atoms with Crippen molar-refractivity contribution < 1.29 is 24.2 Å². The Balaban J connectivity index is 2.55. The van der Waals surface area contributed by atoms with Gasteiger partial charge < -0.3 is 20.5 Å². The first-order valence-electron chi connectivity index (χ1n) is 6.85. The van der Waals surface area contributed by atoms with Crippen molar-refractivity contribution in [2.45, 2.75) is 26.3 Å². The van der Waals surface area contributed by atoms with Crippen molar-refractivity contribution in [2.75, 3.05) is 13.2 Å². The molecule has 0 spiro atoms. The first-order chi connectivity index (χ1) is 10.3. The van der Waals surface area contributed by atoms with E-state index in [1.165, 1.54) is 11.0 Å². The van der Waals surface area contributed by atoms with E-state index < -0.39 is 11.9 Å². The fourth-order valence-corrected chi connectivity index (χ4v) is 1.84. The second-order valence-electron chi connectivity index (χ2n) is 5.00. The third-order valence-electron chi connectivity index (χ3n) is 2.95. The second-order valence-corrected chi connectivity index (χ2v) is 5.00. The van der Waals surface area contributed by atoms with Crippen molar-refractivity contribution in [3.63, 3.8) is 0 Å². The van der Waals surface area contributed by atoms with Gasteiger partial charge >= 0.3 is 5.97 Å². The maximum atomic E-state index is 12.0. The summed E-state index contributed by atoms with van der Waals surface area (Å²) in [7, 11) is 0. The monoisotopic (exact) mass is 308 g/mol. The van der Waals surface area contributed by atoms with Crippen LogP contribution in [0.15, 0.2) is 24.3 Å². The van der Waals surface area contributed by atoms with Gasteiger partial charge in [0.15, 0.2) is 0 Å². The van der Waals surface area contributed by atoms with Gasteiger partial charge in [-0.05, 0) is 32.0 Å². The number of hydrogen-bond donors (Lipinski definition) is 2. The highest BCUT2D eigenvalue weighted by molar-refractivity contribution is 5.93. The van der Waals surface area contributed by atoms with E-state index in [9.17, 15) is 14.4 Å². The number of benzene rings is 1. The van der Waals surface area contributed by atoms with Crippen molar-refractivity contribution in [1.82, 2.24) is 4.90 Å². The summed E-state index contributed by atoms with van der Waals surface area (Å²) in [4.78, 5) is 35.1. The highest BCUT2D eigenvalue weighted by atomic mass is 16.5. The van der Waals surface area contributed by atoms with Crippen LogP contribution < -0.4 is 10.5 Å². The van der Waals surface area contributed by atoms with E-state index in [-0.39, 0.29) is 31.5 Å². The van der Waals surface area contributed by atoms with Gasteiger partial charge in [0.05, 0.1) is 13.0 Å². The summed E-state index contributed by atoms with van der Waals surface area (Å²) in [5, 5.41) is 8.80. The lowest BCUT2D eigenvalue weighted by molar-refractivity contribution is -0.146. The van der Waals surface area contributed by atoms with Crippen LogP contribution in [0, 0.1) is 0 Å². The molecule has 7 nitrogen and oxygen atoms in total. The van der Waals surface area contributed by atoms with E-state index in [0.717, 1.165) is 0 Å². The fraction of sp³-hybridized carbons (Fsp3) is 0.400. The van der Waals surface area contributed by atoms with Crippen LogP contribution in [0.25, 0.3) is 0 Å². The Morgan fingerprint density at radius 2 is 2.00 bits per heavy atom. The van der Waals surface area contributed by atoms with Crippen LogP contribution >= 0.6 is 0 Å². The molecule has 0 bridgehead atoms. The molecule has 0 aromatic heterocycles. The number of carboxylic acid groups (broad SMARTS) is 1. The van der Waals surface area contributed by atoms with Crippen LogP contribution in [-0.4, -0.2) is 47.0 Å². The molecule has 0 saturated carbocycles. The van der Waals surface area contributed by atoms with Crippen molar-refractivity contribution in [3.05, 3.63) is 29.8 Å². The summed E-state index contributed by atoms with van der Waals surface area (Å²) in [6.45, 7) is 3.24. The van der Waals surface area contributed by atoms with Crippen molar-refractivity contribution >= 4 is 17.8 Å². The second kappa shape index (κ2) is 8.02. The summed E-state index contributed by atoms with van der Waals surface area (Å²) in [6, 6.07) is 6.12. The van der Waals surface area contributed by atoms with Gasteiger partial charge in [-0.1, -0.05) is 6.07 Å². The lowest BCUT2D eigenvalue weighted by atomic mass is 10.2. The number of hydrogen-bond acceptors (Lipinski definition) is 4. The molecule has 0 aliphatic carbocycles. The average Bonchev–Trinajstić information content (AvgIpc) is 2.44. The zero-order chi connectivity index (χ0) is 16.7. The van der Waals surface area contributed by atoms with E-state index in [1.807, 2.05) is 0 Å². The SMILES string of the molecule is CC(C)N(CC(=O)O)C(=O)CCOc1cccc(C(N)=O)c1. The molecular formula is C15H20N2O5. The Bertz CT molecular complexity index is 557. The first-order valence-corrected chi connectivity index (χ1v) is 6.85. The molecule has 0 saturated heterocycles. The number of nitrogens with zero attached hydrogens (tertiary/aromatic N) is 1. The summed E-state index contributed by atoms with van der Waals surface area (Å²) >= 11 is 0. The number of carboxylic acids is 1. The smallest absolute Gasteiger partial charge is 0.323 e. The minimum Gasteiger partial charge on any atom is -0.493 e. The van der Waals surface area contributed by atoms with E-state index in [1.54, 1.807) is 32.0 Å². The fourth-order valence-electron chi connectivity index (χ4n) is 1.84. The van der Waals surface area contributed by atoms with E-state index in [4.69, 9.17) is 15.6 Å². The maximum absolute atomic E-state index is 12.0. The Morgan fingerprint density at radius 3 is 2.55 bits per heavy atom. The minimum absolute atomic E-state index is 0.0479. The molecule has 0 aliphatic rings. The molecule has 0 radical (unpaired) electrons. The molecule has 0 unspecified atom stereocenters. The van der Waals surface area contributed by atoms with Gasteiger partial charge in [-0.3, -0.25) is 14.4 Å². The lowest BCUT2D eigenvalue weighted by Crippen LogP contribution is -2.41.